The molecule has 1 N–H and O–H groups in total. The molecule has 1 aliphatic heterocycles. The van der Waals surface area contributed by atoms with Crippen LogP contribution in [0.1, 0.15) is 29.8 Å². The van der Waals surface area contributed by atoms with E-state index < -0.39 is 5.97 Å². The normalized spacial score (nSPS) is 22.5. The number of carboxylic acids is 1. The maximum atomic E-state index is 12.6. The van der Waals surface area contributed by atoms with Crippen LogP contribution in [0.2, 0.25) is 0 Å². The summed E-state index contributed by atoms with van der Waals surface area (Å²) in [7, 11) is 0. The number of carboxylic acid groups (broad SMARTS) is 1. The van der Waals surface area contributed by atoms with Crippen LogP contribution in [0.15, 0.2) is 30.3 Å². The molecule has 5 heteroatoms. The molecule has 112 valence electrons. The first-order valence-electron chi connectivity index (χ1n) is 6.92. The fraction of sp³-hybridized carbons (Fsp3) is 0.375. The molecule has 1 amide bonds. The molecule has 0 aromatic heterocycles. The molecule has 1 saturated heterocycles. The van der Waals surface area contributed by atoms with E-state index in [0.717, 1.165) is 23.9 Å². The highest BCUT2D eigenvalue weighted by molar-refractivity contribution is 8.00. The van der Waals surface area contributed by atoms with Crippen LogP contribution < -0.4 is 0 Å². The Bertz CT molecular complexity index is 570. The van der Waals surface area contributed by atoms with E-state index in [0.29, 0.717) is 10.8 Å². The number of carbonyl (C=O) groups excluding carboxylic acids is 1. The van der Waals surface area contributed by atoms with E-state index in [1.54, 1.807) is 24.3 Å². The first-order chi connectivity index (χ1) is 9.99. The molecule has 0 spiro atoms. The molecule has 21 heavy (non-hydrogen) atoms. The summed E-state index contributed by atoms with van der Waals surface area (Å²) in [5.74, 6) is -0.0296. The molecular weight excluding hydrogens is 286 g/mol. The third-order valence-corrected chi connectivity index (χ3v) is 5.03. The van der Waals surface area contributed by atoms with Crippen molar-refractivity contribution >= 4 is 29.7 Å². The molecule has 1 aliphatic rings. The Morgan fingerprint density at radius 2 is 2.14 bits per heavy atom. The number of rotatable bonds is 3. The van der Waals surface area contributed by atoms with Gasteiger partial charge in [-0.3, -0.25) is 4.79 Å². The van der Waals surface area contributed by atoms with Gasteiger partial charge in [-0.1, -0.05) is 19.1 Å². The first kappa shape index (κ1) is 15.6. The second-order valence-electron chi connectivity index (χ2n) is 5.11. The summed E-state index contributed by atoms with van der Waals surface area (Å²) < 4.78 is 0. The predicted molar refractivity (Wildman–Crippen MR) is 85.5 cm³/mol. The van der Waals surface area contributed by atoms with Crippen LogP contribution in [0.5, 0.6) is 0 Å². The summed E-state index contributed by atoms with van der Waals surface area (Å²) in [6.07, 6.45) is 2.57. The quantitative estimate of drug-likeness (QED) is 0.872. The van der Waals surface area contributed by atoms with E-state index in [1.165, 1.54) is 6.08 Å². The number of nitrogens with zero attached hydrogens (tertiary/aromatic N) is 1. The molecule has 2 rings (SSSR count). The molecule has 4 nitrogen and oxygen atoms in total. The molecule has 0 radical (unpaired) electrons. The minimum atomic E-state index is -0.998. The van der Waals surface area contributed by atoms with Crippen LogP contribution in [0.4, 0.5) is 0 Å². The monoisotopic (exact) mass is 305 g/mol. The third kappa shape index (κ3) is 3.88. The zero-order chi connectivity index (χ0) is 15.4. The summed E-state index contributed by atoms with van der Waals surface area (Å²) in [6, 6.07) is 7.28. The van der Waals surface area contributed by atoms with Gasteiger partial charge in [0.1, 0.15) is 0 Å². The predicted octanol–water partition coefficient (Wildman–Crippen LogP) is 2.75. The van der Waals surface area contributed by atoms with E-state index >= 15 is 0 Å². The highest BCUT2D eigenvalue weighted by atomic mass is 32.2. The topological polar surface area (TPSA) is 57.6 Å². The van der Waals surface area contributed by atoms with Gasteiger partial charge in [0, 0.05) is 35.2 Å². The van der Waals surface area contributed by atoms with Crippen molar-refractivity contribution in [2.24, 2.45) is 0 Å². The van der Waals surface area contributed by atoms with Crippen molar-refractivity contribution in [2.45, 2.75) is 25.1 Å². The smallest absolute Gasteiger partial charge is 0.328 e. The lowest BCUT2D eigenvalue weighted by atomic mass is 10.1. The van der Waals surface area contributed by atoms with Gasteiger partial charge in [0.25, 0.3) is 5.91 Å². The van der Waals surface area contributed by atoms with Gasteiger partial charge < -0.3 is 10.0 Å². The molecule has 2 unspecified atom stereocenters. The van der Waals surface area contributed by atoms with Crippen LogP contribution in [-0.2, 0) is 4.79 Å². The lowest BCUT2D eigenvalue weighted by Gasteiger charge is -2.37. The molecule has 0 bridgehead atoms. The zero-order valence-electron chi connectivity index (χ0n) is 12.2. The Kier molecular flexibility index (Phi) is 5.07. The van der Waals surface area contributed by atoms with Crippen LogP contribution in [0, 0.1) is 0 Å². The zero-order valence-corrected chi connectivity index (χ0v) is 13.0. The van der Waals surface area contributed by atoms with Gasteiger partial charge in [-0.15, -0.1) is 0 Å². The molecule has 0 aliphatic carbocycles. The SMILES string of the molecule is CC1SCCN(C(=O)c2cccc(/C=C/C(=O)O)c2)C1C. The molecule has 1 fully saturated rings. The lowest BCUT2D eigenvalue weighted by molar-refractivity contribution is -0.131. The Morgan fingerprint density at radius 3 is 2.86 bits per heavy atom. The molecule has 2 atom stereocenters. The van der Waals surface area contributed by atoms with Gasteiger partial charge in [0.05, 0.1) is 0 Å². The summed E-state index contributed by atoms with van der Waals surface area (Å²) in [4.78, 5) is 25.1. The van der Waals surface area contributed by atoms with Crippen molar-refractivity contribution < 1.29 is 14.7 Å². The van der Waals surface area contributed by atoms with Crippen LogP contribution in [0.25, 0.3) is 6.08 Å². The maximum Gasteiger partial charge on any atom is 0.328 e. The van der Waals surface area contributed by atoms with Crippen molar-refractivity contribution in [1.82, 2.24) is 4.90 Å². The first-order valence-corrected chi connectivity index (χ1v) is 7.97. The number of aliphatic carboxylic acids is 1. The largest absolute Gasteiger partial charge is 0.478 e. The average Bonchev–Trinajstić information content (AvgIpc) is 2.47. The molecule has 1 aromatic carbocycles. The highest BCUT2D eigenvalue weighted by Crippen LogP contribution is 2.25. The van der Waals surface area contributed by atoms with Gasteiger partial charge >= 0.3 is 5.97 Å². The van der Waals surface area contributed by atoms with Crippen molar-refractivity contribution in [2.75, 3.05) is 12.3 Å². The van der Waals surface area contributed by atoms with Crippen LogP contribution in [-0.4, -0.2) is 45.5 Å². The Balaban J connectivity index is 2.19. The molecule has 0 saturated carbocycles. The van der Waals surface area contributed by atoms with Gasteiger partial charge in [-0.25, -0.2) is 4.79 Å². The number of hydrogen-bond acceptors (Lipinski definition) is 3. The number of thioether (sulfide) groups is 1. The summed E-state index contributed by atoms with van der Waals surface area (Å²) >= 11 is 1.89. The van der Waals surface area contributed by atoms with E-state index in [9.17, 15) is 9.59 Å². The minimum Gasteiger partial charge on any atom is -0.478 e. The maximum absolute atomic E-state index is 12.6. The third-order valence-electron chi connectivity index (χ3n) is 3.70. The van der Waals surface area contributed by atoms with E-state index in [1.807, 2.05) is 16.7 Å². The van der Waals surface area contributed by atoms with Crippen molar-refractivity contribution in [3.8, 4) is 0 Å². The van der Waals surface area contributed by atoms with Gasteiger partial charge in [-0.05, 0) is 30.7 Å². The number of hydrogen-bond donors (Lipinski definition) is 1. The van der Waals surface area contributed by atoms with E-state index in [-0.39, 0.29) is 11.9 Å². The van der Waals surface area contributed by atoms with Crippen molar-refractivity contribution in [1.29, 1.82) is 0 Å². The number of carbonyl (C=O) groups is 2. The second kappa shape index (κ2) is 6.80. The standard InChI is InChI=1S/C16H19NO3S/c1-11-12(2)21-9-8-17(11)16(20)14-5-3-4-13(10-14)6-7-15(18)19/h3-7,10-12H,8-9H2,1-2H3,(H,18,19)/b7-6+. The second-order valence-corrected chi connectivity index (χ2v) is 6.60. The fourth-order valence-electron chi connectivity index (χ4n) is 2.33. The van der Waals surface area contributed by atoms with Gasteiger partial charge in [0.2, 0.25) is 0 Å². The molecular formula is C16H19NO3S. The van der Waals surface area contributed by atoms with Crippen LogP contribution in [0.3, 0.4) is 0 Å². The van der Waals surface area contributed by atoms with Crippen LogP contribution >= 0.6 is 11.8 Å². The Morgan fingerprint density at radius 1 is 1.38 bits per heavy atom. The Labute approximate surface area is 128 Å². The summed E-state index contributed by atoms with van der Waals surface area (Å²) in [5, 5.41) is 9.09. The summed E-state index contributed by atoms with van der Waals surface area (Å²) in [5.41, 5.74) is 1.32. The lowest BCUT2D eigenvalue weighted by Crippen LogP contribution is -2.47. The van der Waals surface area contributed by atoms with Crippen molar-refractivity contribution in [3.05, 3.63) is 41.5 Å². The van der Waals surface area contributed by atoms with E-state index in [4.69, 9.17) is 5.11 Å². The Hall–Kier alpha value is -1.75. The van der Waals surface area contributed by atoms with Crippen molar-refractivity contribution in [3.63, 3.8) is 0 Å². The highest BCUT2D eigenvalue weighted by Gasteiger charge is 2.29. The average molecular weight is 305 g/mol. The molecule has 1 heterocycles. The number of amides is 1. The fourth-order valence-corrected chi connectivity index (χ4v) is 3.43. The van der Waals surface area contributed by atoms with E-state index in [2.05, 4.69) is 13.8 Å². The number of benzene rings is 1. The summed E-state index contributed by atoms with van der Waals surface area (Å²) in [6.45, 7) is 4.97. The van der Waals surface area contributed by atoms with Gasteiger partial charge in [-0.2, -0.15) is 11.8 Å². The van der Waals surface area contributed by atoms with Gasteiger partial charge in [0.15, 0.2) is 0 Å². The molecule has 1 aromatic rings. The minimum absolute atomic E-state index is 0.0141.